The van der Waals surface area contributed by atoms with E-state index in [4.69, 9.17) is 4.42 Å². The summed E-state index contributed by atoms with van der Waals surface area (Å²) in [5.74, 6) is 1.03. The predicted molar refractivity (Wildman–Crippen MR) is 70.0 cm³/mol. The van der Waals surface area contributed by atoms with E-state index in [9.17, 15) is 8.42 Å². The lowest BCUT2D eigenvalue weighted by molar-refractivity contribution is 0.412. The predicted octanol–water partition coefficient (Wildman–Crippen LogP) is 0.147. The molecular formula is C11H21N3O3S. The Labute approximate surface area is 108 Å². The molecule has 0 bridgehead atoms. The van der Waals surface area contributed by atoms with Crippen LogP contribution < -0.4 is 10.0 Å². The van der Waals surface area contributed by atoms with Crippen LogP contribution in [-0.4, -0.2) is 47.6 Å². The van der Waals surface area contributed by atoms with Gasteiger partial charge in [0.25, 0.3) is 0 Å². The molecule has 7 heteroatoms. The number of sulfonamides is 1. The first-order valence-electron chi connectivity index (χ1n) is 5.75. The third-order valence-corrected chi connectivity index (χ3v) is 3.98. The van der Waals surface area contributed by atoms with E-state index in [0.29, 0.717) is 31.2 Å². The molecule has 0 fully saturated rings. The summed E-state index contributed by atoms with van der Waals surface area (Å²) in [5, 5.41) is 2.92. The minimum absolute atomic E-state index is 0.214. The third kappa shape index (κ3) is 4.09. The first-order chi connectivity index (χ1) is 8.36. The fourth-order valence-corrected chi connectivity index (χ4v) is 2.76. The van der Waals surface area contributed by atoms with E-state index in [2.05, 4.69) is 10.0 Å². The Morgan fingerprint density at radius 2 is 2.06 bits per heavy atom. The van der Waals surface area contributed by atoms with E-state index < -0.39 is 10.0 Å². The Morgan fingerprint density at radius 3 is 2.61 bits per heavy atom. The highest BCUT2D eigenvalue weighted by atomic mass is 32.2. The average molecular weight is 275 g/mol. The number of hydrogen-bond acceptors (Lipinski definition) is 5. The quantitative estimate of drug-likeness (QED) is 0.741. The molecule has 0 atom stereocenters. The van der Waals surface area contributed by atoms with Gasteiger partial charge in [0, 0.05) is 19.2 Å². The molecule has 0 unspecified atom stereocenters. The second-order valence-corrected chi connectivity index (χ2v) is 6.10. The van der Waals surface area contributed by atoms with Crippen molar-refractivity contribution in [2.45, 2.75) is 18.4 Å². The molecule has 6 nitrogen and oxygen atoms in total. The van der Waals surface area contributed by atoms with Gasteiger partial charge in [-0.3, -0.25) is 0 Å². The largest absolute Gasteiger partial charge is 0.464 e. The van der Waals surface area contributed by atoms with Crippen LogP contribution in [0.3, 0.4) is 0 Å². The molecule has 1 aromatic heterocycles. The van der Waals surface area contributed by atoms with Crippen LogP contribution in [0.2, 0.25) is 0 Å². The summed E-state index contributed by atoms with van der Waals surface area (Å²) in [4.78, 5) is 2.13. The molecule has 0 aliphatic carbocycles. The molecule has 0 radical (unpaired) electrons. The molecule has 18 heavy (non-hydrogen) atoms. The summed E-state index contributed by atoms with van der Waals surface area (Å²) in [7, 11) is 2.08. The molecule has 1 aromatic rings. The number of likely N-dealkylation sites (N-methyl/N-ethyl adjacent to an activating group) is 1. The van der Waals surface area contributed by atoms with E-state index in [0.717, 1.165) is 0 Å². The minimum Gasteiger partial charge on any atom is -0.464 e. The van der Waals surface area contributed by atoms with E-state index >= 15 is 0 Å². The van der Waals surface area contributed by atoms with E-state index in [-0.39, 0.29) is 4.90 Å². The number of rotatable bonds is 7. The fourth-order valence-electron chi connectivity index (χ4n) is 1.53. The molecule has 0 aliphatic rings. The van der Waals surface area contributed by atoms with E-state index in [1.54, 1.807) is 20.0 Å². The van der Waals surface area contributed by atoms with Crippen LogP contribution in [0.25, 0.3) is 0 Å². The Kier molecular flexibility index (Phi) is 5.33. The van der Waals surface area contributed by atoms with Crippen molar-refractivity contribution in [1.82, 2.24) is 14.9 Å². The van der Waals surface area contributed by atoms with E-state index in [1.807, 2.05) is 19.0 Å². The molecule has 0 aromatic carbocycles. The smallest absolute Gasteiger partial charge is 0.244 e. The minimum atomic E-state index is -3.48. The van der Waals surface area contributed by atoms with Crippen LogP contribution in [0.1, 0.15) is 11.5 Å². The molecule has 0 saturated heterocycles. The topological polar surface area (TPSA) is 74.6 Å². The lowest BCUT2D eigenvalue weighted by Gasteiger charge is -2.10. The molecular weight excluding hydrogens is 254 g/mol. The summed E-state index contributed by atoms with van der Waals surface area (Å²) in [6, 6.07) is 1.56. The van der Waals surface area contributed by atoms with Crippen molar-refractivity contribution in [3.8, 4) is 0 Å². The maximum Gasteiger partial charge on any atom is 0.244 e. The van der Waals surface area contributed by atoms with Crippen LogP contribution >= 0.6 is 0 Å². The zero-order valence-corrected chi connectivity index (χ0v) is 12.1. The Hall–Kier alpha value is -0.890. The van der Waals surface area contributed by atoms with Gasteiger partial charge in [-0.25, -0.2) is 13.1 Å². The Morgan fingerprint density at radius 1 is 1.39 bits per heavy atom. The molecule has 104 valence electrons. The summed E-state index contributed by atoms with van der Waals surface area (Å²) >= 11 is 0. The van der Waals surface area contributed by atoms with Gasteiger partial charge >= 0.3 is 0 Å². The van der Waals surface area contributed by atoms with E-state index in [1.165, 1.54) is 0 Å². The summed E-state index contributed by atoms with van der Waals surface area (Å²) < 4.78 is 32.0. The summed E-state index contributed by atoms with van der Waals surface area (Å²) in [6.45, 7) is 3.19. The van der Waals surface area contributed by atoms with Gasteiger partial charge in [0.1, 0.15) is 16.4 Å². The van der Waals surface area contributed by atoms with Crippen molar-refractivity contribution in [3.63, 3.8) is 0 Å². The first kappa shape index (κ1) is 15.2. The van der Waals surface area contributed by atoms with Crippen molar-refractivity contribution in [2.75, 3.05) is 34.2 Å². The van der Waals surface area contributed by atoms with Crippen molar-refractivity contribution >= 4 is 10.0 Å². The molecule has 2 N–H and O–H groups in total. The fraction of sp³-hybridized carbons (Fsp3) is 0.636. The lowest BCUT2D eigenvalue weighted by atomic mass is 10.4. The Bertz CT molecular complexity index is 480. The van der Waals surface area contributed by atoms with Gasteiger partial charge < -0.3 is 14.6 Å². The van der Waals surface area contributed by atoms with Crippen LogP contribution in [0.5, 0.6) is 0 Å². The standard InChI is InChI=1S/C11H21N3O3S/c1-9-11(7-10(17-9)8-12-2)18(15,16)13-5-6-14(3)4/h7,12-13H,5-6,8H2,1-4H3. The Balaban J connectivity index is 2.78. The molecule has 1 rings (SSSR count). The van der Waals surface area contributed by atoms with Gasteiger partial charge in [0.2, 0.25) is 10.0 Å². The van der Waals surface area contributed by atoms with Gasteiger partial charge in [0.05, 0.1) is 6.54 Å². The number of nitrogens with one attached hydrogen (secondary N) is 2. The zero-order chi connectivity index (χ0) is 13.8. The maximum absolute atomic E-state index is 12.0. The molecule has 0 saturated carbocycles. The summed E-state index contributed by atoms with van der Waals surface area (Å²) in [6.07, 6.45) is 0. The number of nitrogens with zero attached hydrogens (tertiary/aromatic N) is 1. The number of aryl methyl sites for hydroxylation is 1. The van der Waals surface area contributed by atoms with Crippen LogP contribution in [-0.2, 0) is 16.6 Å². The third-order valence-electron chi connectivity index (χ3n) is 2.41. The van der Waals surface area contributed by atoms with Crippen LogP contribution in [0.15, 0.2) is 15.4 Å². The average Bonchev–Trinajstić information content (AvgIpc) is 2.60. The van der Waals surface area contributed by atoms with Crippen molar-refractivity contribution in [1.29, 1.82) is 0 Å². The molecule has 0 spiro atoms. The first-order valence-corrected chi connectivity index (χ1v) is 7.23. The second kappa shape index (κ2) is 6.33. The van der Waals surface area contributed by atoms with Gasteiger partial charge in [0.15, 0.2) is 0 Å². The monoisotopic (exact) mass is 275 g/mol. The van der Waals surface area contributed by atoms with Crippen molar-refractivity contribution in [3.05, 3.63) is 17.6 Å². The zero-order valence-electron chi connectivity index (χ0n) is 11.3. The molecule has 0 amide bonds. The molecule has 0 aliphatic heterocycles. The van der Waals surface area contributed by atoms with Crippen LogP contribution in [0, 0.1) is 6.92 Å². The summed E-state index contributed by atoms with van der Waals surface area (Å²) in [5.41, 5.74) is 0. The van der Waals surface area contributed by atoms with Crippen molar-refractivity contribution < 1.29 is 12.8 Å². The highest BCUT2D eigenvalue weighted by Crippen LogP contribution is 2.19. The van der Waals surface area contributed by atoms with Gasteiger partial charge in [-0.2, -0.15) is 0 Å². The van der Waals surface area contributed by atoms with Gasteiger partial charge in [-0.05, 0) is 28.1 Å². The molecule has 1 heterocycles. The highest BCUT2D eigenvalue weighted by Gasteiger charge is 2.20. The number of furan rings is 1. The lowest BCUT2D eigenvalue weighted by Crippen LogP contribution is -2.31. The maximum atomic E-state index is 12.0. The second-order valence-electron chi connectivity index (χ2n) is 4.36. The van der Waals surface area contributed by atoms with Gasteiger partial charge in [-0.1, -0.05) is 0 Å². The van der Waals surface area contributed by atoms with Gasteiger partial charge in [-0.15, -0.1) is 0 Å². The van der Waals surface area contributed by atoms with Crippen molar-refractivity contribution in [2.24, 2.45) is 0 Å². The van der Waals surface area contributed by atoms with Crippen LogP contribution in [0.4, 0.5) is 0 Å². The number of hydrogen-bond donors (Lipinski definition) is 2. The normalized spacial score (nSPS) is 12.3. The highest BCUT2D eigenvalue weighted by molar-refractivity contribution is 7.89. The SMILES string of the molecule is CNCc1cc(S(=O)(=O)NCCN(C)C)c(C)o1.